The van der Waals surface area contributed by atoms with Crippen LogP contribution in [0, 0.1) is 0 Å². The molecule has 1 N–H and O–H groups in total. The van der Waals surface area contributed by atoms with Crippen molar-refractivity contribution in [3.63, 3.8) is 0 Å². The first-order valence-corrected chi connectivity index (χ1v) is 6.47. The molecule has 1 heterocycles. The van der Waals surface area contributed by atoms with E-state index in [1.165, 1.54) is 6.08 Å². The normalized spacial score (nSPS) is 19.6. The van der Waals surface area contributed by atoms with Crippen LogP contribution in [-0.2, 0) is 9.59 Å². The van der Waals surface area contributed by atoms with Crippen LogP contribution in [0.15, 0.2) is 30.3 Å². The van der Waals surface area contributed by atoms with Crippen LogP contribution in [0.2, 0.25) is 5.02 Å². The van der Waals surface area contributed by atoms with Gasteiger partial charge in [-0.25, -0.2) is 0 Å². The lowest BCUT2D eigenvalue weighted by molar-refractivity contribution is -0.139. The topological polar surface area (TPSA) is 49.4 Å². The molecule has 5 heteroatoms. The Labute approximate surface area is 117 Å². The van der Waals surface area contributed by atoms with Crippen LogP contribution in [0.5, 0.6) is 0 Å². The largest absolute Gasteiger partial charge is 0.353 e. The molecule has 1 atom stereocenters. The first-order chi connectivity index (χ1) is 9.08. The van der Waals surface area contributed by atoms with Crippen molar-refractivity contribution in [2.75, 3.05) is 13.1 Å². The summed E-state index contributed by atoms with van der Waals surface area (Å²) >= 11 is 5.87. The Hall–Kier alpha value is -1.81. The van der Waals surface area contributed by atoms with Crippen LogP contribution in [0.25, 0.3) is 6.08 Å². The molecule has 0 aromatic heterocycles. The first-order valence-electron chi connectivity index (χ1n) is 6.10. The molecule has 1 aromatic rings. The Morgan fingerprint density at radius 2 is 2.32 bits per heavy atom. The van der Waals surface area contributed by atoms with Gasteiger partial charge < -0.3 is 10.2 Å². The minimum absolute atomic E-state index is 0.115. The quantitative estimate of drug-likeness (QED) is 0.837. The van der Waals surface area contributed by atoms with Crippen molar-refractivity contribution in [2.24, 2.45) is 0 Å². The molecule has 1 aliphatic heterocycles. The summed E-state index contributed by atoms with van der Waals surface area (Å²) in [5.41, 5.74) is 0.856. The van der Waals surface area contributed by atoms with Gasteiger partial charge in [-0.15, -0.1) is 0 Å². The number of halogens is 1. The maximum atomic E-state index is 12.0. The zero-order valence-electron chi connectivity index (χ0n) is 10.6. The number of nitrogens with one attached hydrogen (secondary N) is 1. The van der Waals surface area contributed by atoms with E-state index < -0.39 is 6.04 Å². The summed E-state index contributed by atoms with van der Waals surface area (Å²) in [6.45, 7) is 2.76. The van der Waals surface area contributed by atoms with Gasteiger partial charge in [0.15, 0.2) is 0 Å². The highest BCUT2D eigenvalue weighted by Gasteiger charge is 2.27. The van der Waals surface area contributed by atoms with Gasteiger partial charge in [0.05, 0.1) is 0 Å². The first kappa shape index (κ1) is 13.6. The molecular formula is C14H15ClN2O2. The Kier molecular flexibility index (Phi) is 4.22. The number of piperazine rings is 1. The number of amides is 2. The molecule has 2 rings (SSSR count). The highest BCUT2D eigenvalue weighted by atomic mass is 35.5. The third-order valence-electron chi connectivity index (χ3n) is 3.05. The van der Waals surface area contributed by atoms with Crippen LogP contribution < -0.4 is 5.32 Å². The molecule has 4 nitrogen and oxygen atoms in total. The summed E-state index contributed by atoms with van der Waals surface area (Å²) in [6.07, 6.45) is 3.17. The standard InChI is InChI=1S/C14H15ClN2O2/c1-10-14(19)16-7-8-17(10)13(18)6-5-11-3-2-4-12(15)9-11/h2-6,9-10H,7-8H2,1H3,(H,16,19). The van der Waals surface area contributed by atoms with E-state index in [0.717, 1.165) is 5.56 Å². The second kappa shape index (κ2) is 5.89. The van der Waals surface area contributed by atoms with Crippen molar-refractivity contribution < 1.29 is 9.59 Å². The zero-order valence-corrected chi connectivity index (χ0v) is 11.4. The molecule has 0 spiro atoms. The molecule has 100 valence electrons. The summed E-state index contributed by atoms with van der Waals surface area (Å²) in [5.74, 6) is -0.280. The number of hydrogen-bond acceptors (Lipinski definition) is 2. The summed E-state index contributed by atoms with van der Waals surface area (Å²) in [7, 11) is 0. The van der Waals surface area contributed by atoms with Crippen molar-refractivity contribution >= 4 is 29.5 Å². The molecule has 0 radical (unpaired) electrons. The molecule has 19 heavy (non-hydrogen) atoms. The zero-order chi connectivity index (χ0) is 13.8. The third-order valence-corrected chi connectivity index (χ3v) is 3.28. The van der Waals surface area contributed by atoms with E-state index in [2.05, 4.69) is 5.32 Å². The van der Waals surface area contributed by atoms with E-state index in [1.54, 1.807) is 30.0 Å². The van der Waals surface area contributed by atoms with E-state index >= 15 is 0 Å². The predicted octanol–water partition coefficient (Wildman–Crippen LogP) is 1.70. The average molecular weight is 279 g/mol. The van der Waals surface area contributed by atoms with Gasteiger partial charge in [-0.3, -0.25) is 9.59 Å². The second-order valence-electron chi connectivity index (χ2n) is 4.39. The van der Waals surface area contributed by atoms with Crippen LogP contribution in [-0.4, -0.2) is 35.8 Å². The van der Waals surface area contributed by atoms with E-state index in [4.69, 9.17) is 11.6 Å². The van der Waals surface area contributed by atoms with Crippen molar-refractivity contribution in [3.05, 3.63) is 40.9 Å². The van der Waals surface area contributed by atoms with Gasteiger partial charge in [0.2, 0.25) is 11.8 Å². The number of carbonyl (C=O) groups excluding carboxylic acids is 2. The minimum atomic E-state index is -0.426. The fourth-order valence-electron chi connectivity index (χ4n) is 1.96. The molecule has 0 aliphatic carbocycles. The highest BCUT2D eigenvalue weighted by Crippen LogP contribution is 2.12. The van der Waals surface area contributed by atoms with E-state index in [-0.39, 0.29) is 11.8 Å². The van der Waals surface area contributed by atoms with Gasteiger partial charge in [0.1, 0.15) is 6.04 Å². The van der Waals surface area contributed by atoms with Crippen LogP contribution in [0.4, 0.5) is 0 Å². The Balaban J connectivity index is 2.06. The lowest BCUT2D eigenvalue weighted by Crippen LogP contribution is -2.55. The third kappa shape index (κ3) is 3.35. The Morgan fingerprint density at radius 1 is 1.53 bits per heavy atom. The summed E-state index contributed by atoms with van der Waals surface area (Å²) in [5, 5.41) is 3.35. The van der Waals surface area contributed by atoms with Crippen molar-refractivity contribution in [1.29, 1.82) is 0 Å². The molecule has 1 fully saturated rings. The minimum Gasteiger partial charge on any atom is -0.353 e. The Morgan fingerprint density at radius 3 is 3.05 bits per heavy atom. The summed E-state index contributed by atoms with van der Waals surface area (Å²) in [4.78, 5) is 25.1. The fraction of sp³-hybridized carbons (Fsp3) is 0.286. The van der Waals surface area contributed by atoms with E-state index in [1.807, 2.05) is 12.1 Å². The van der Waals surface area contributed by atoms with Crippen molar-refractivity contribution in [3.8, 4) is 0 Å². The van der Waals surface area contributed by atoms with Crippen molar-refractivity contribution in [1.82, 2.24) is 10.2 Å². The van der Waals surface area contributed by atoms with E-state index in [0.29, 0.717) is 18.1 Å². The number of benzene rings is 1. The predicted molar refractivity (Wildman–Crippen MR) is 74.7 cm³/mol. The molecule has 1 unspecified atom stereocenters. The summed E-state index contributed by atoms with van der Waals surface area (Å²) in [6, 6.07) is 6.81. The van der Waals surface area contributed by atoms with Gasteiger partial charge in [-0.05, 0) is 30.7 Å². The molecular weight excluding hydrogens is 264 g/mol. The maximum absolute atomic E-state index is 12.0. The van der Waals surface area contributed by atoms with Crippen LogP contribution in [0.3, 0.4) is 0 Å². The molecule has 0 saturated carbocycles. The SMILES string of the molecule is CC1C(=O)NCCN1C(=O)C=Cc1cccc(Cl)c1. The van der Waals surface area contributed by atoms with Gasteiger partial charge in [-0.1, -0.05) is 23.7 Å². The smallest absolute Gasteiger partial charge is 0.247 e. The maximum Gasteiger partial charge on any atom is 0.247 e. The Bertz CT molecular complexity index is 528. The molecule has 2 amide bonds. The molecule has 1 aromatic carbocycles. The molecule has 0 bridgehead atoms. The number of hydrogen-bond donors (Lipinski definition) is 1. The van der Waals surface area contributed by atoms with E-state index in [9.17, 15) is 9.59 Å². The van der Waals surface area contributed by atoms with Gasteiger partial charge >= 0.3 is 0 Å². The number of rotatable bonds is 2. The van der Waals surface area contributed by atoms with Crippen LogP contribution in [0.1, 0.15) is 12.5 Å². The number of nitrogens with zero attached hydrogens (tertiary/aromatic N) is 1. The summed E-state index contributed by atoms with van der Waals surface area (Å²) < 4.78 is 0. The van der Waals surface area contributed by atoms with Gasteiger partial charge in [0.25, 0.3) is 0 Å². The lowest BCUT2D eigenvalue weighted by Gasteiger charge is -2.31. The highest BCUT2D eigenvalue weighted by molar-refractivity contribution is 6.30. The number of carbonyl (C=O) groups is 2. The lowest BCUT2D eigenvalue weighted by atomic mass is 10.1. The average Bonchev–Trinajstić information content (AvgIpc) is 2.39. The van der Waals surface area contributed by atoms with Crippen LogP contribution >= 0.6 is 11.6 Å². The molecule has 1 saturated heterocycles. The van der Waals surface area contributed by atoms with Crippen molar-refractivity contribution in [2.45, 2.75) is 13.0 Å². The molecule has 1 aliphatic rings. The second-order valence-corrected chi connectivity index (χ2v) is 4.82. The monoisotopic (exact) mass is 278 g/mol. The fourth-order valence-corrected chi connectivity index (χ4v) is 2.16. The van der Waals surface area contributed by atoms with Gasteiger partial charge in [-0.2, -0.15) is 0 Å². The van der Waals surface area contributed by atoms with Gasteiger partial charge in [0, 0.05) is 24.2 Å².